The molecule has 9 heteroatoms. The van der Waals surface area contributed by atoms with Gasteiger partial charge in [-0.1, -0.05) is 78.9 Å². The van der Waals surface area contributed by atoms with Gasteiger partial charge in [0, 0.05) is 12.6 Å². The number of aromatic nitrogens is 1. The Morgan fingerprint density at radius 3 is 2.23 bits per heavy atom. The van der Waals surface area contributed by atoms with Crippen LogP contribution in [0.15, 0.2) is 108 Å². The van der Waals surface area contributed by atoms with Crippen molar-refractivity contribution in [1.29, 1.82) is 0 Å². The molecule has 1 aromatic heterocycles. The highest BCUT2D eigenvalue weighted by Gasteiger charge is 2.30. The first-order valence-corrected chi connectivity index (χ1v) is 15.7. The van der Waals surface area contributed by atoms with Gasteiger partial charge in [0.15, 0.2) is 0 Å². The summed E-state index contributed by atoms with van der Waals surface area (Å²) < 4.78 is 6.74. The molecule has 3 N–H and O–H groups in total. The highest BCUT2D eigenvalue weighted by atomic mass is 16.5. The minimum absolute atomic E-state index is 0.0515. The Morgan fingerprint density at radius 2 is 1.54 bits per heavy atom. The maximum atomic E-state index is 13.9. The maximum Gasteiger partial charge on any atom is 0.313 e. The van der Waals surface area contributed by atoms with Crippen LogP contribution in [0.3, 0.4) is 0 Å². The van der Waals surface area contributed by atoms with Crippen molar-refractivity contribution in [3.8, 4) is 5.75 Å². The van der Waals surface area contributed by atoms with E-state index in [0.29, 0.717) is 22.4 Å². The van der Waals surface area contributed by atoms with Crippen molar-refractivity contribution >= 4 is 34.2 Å². The lowest BCUT2D eigenvalue weighted by molar-refractivity contribution is -0.142. The van der Waals surface area contributed by atoms with Crippen LogP contribution in [0.1, 0.15) is 41.7 Å². The van der Waals surface area contributed by atoms with Gasteiger partial charge in [-0.2, -0.15) is 0 Å². The summed E-state index contributed by atoms with van der Waals surface area (Å²) in [6, 6.07) is 28.6. The molecule has 2 amide bonds. The lowest BCUT2D eigenvalue weighted by atomic mass is 9.84. The van der Waals surface area contributed by atoms with E-state index in [-0.39, 0.29) is 36.5 Å². The number of nitrogens with zero attached hydrogens (tertiary/aromatic N) is 1. The summed E-state index contributed by atoms with van der Waals surface area (Å²) in [5, 5.41) is 17.3. The number of carbonyl (C=O) groups excluding carboxylic acids is 2. The van der Waals surface area contributed by atoms with Gasteiger partial charge in [-0.25, -0.2) is 0 Å². The van der Waals surface area contributed by atoms with Gasteiger partial charge in [-0.15, -0.1) is 0 Å². The molecule has 1 heterocycles. The number of carboxylic acid groups (broad SMARTS) is 1. The van der Waals surface area contributed by atoms with Gasteiger partial charge in [-0.05, 0) is 77.6 Å². The van der Waals surface area contributed by atoms with Gasteiger partial charge in [0.05, 0.1) is 25.5 Å². The molecule has 0 fully saturated rings. The summed E-state index contributed by atoms with van der Waals surface area (Å²) in [5.74, 6) is -1.14. The molecule has 0 bridgehead atoms. The SMILES string of the molecule is COc1ccc(Cn2ccc(C)c(NC(=O)[C@H](Cc3ccc(C(C)(C)C(=O)O)cc3)NC(=O)Cc3cccc4ccccc34)c2=O)cc1. The number of rotatable bonds is 12. The van der Waals surface area contributed by atoms with E-state index in [1.165, 1.54) is 4.57 Å². The molecular formula is C39H39N3O6. The Morgan fingerprint density at radius 1 is 0.875 bits per heavy atom. The molecule has 5 rings (SSSR count). The minimum atomic E-state index is -1.10. The maximum absolute atomic E-state index is 13.9. The fourth-order valence-electron chi connectivity index (χ4n) is 5.57. The predicted molar refractivity (Wildman–Crippen MR) is 187 cm³/mol. The quantitative estimate of drug-likeness (QED) is 0.161. The van der Waals surface area contributed by atoms with Crippen LogP contribution in [0, 0.1) is 6.92 Å². The van der Waals surface area contributed by atoms with Crippen molar-refractivity contribution in [2.75, 3.05) is 12.4 Å². The molecule has 0 spiro atoms. The number of anilines is 1. The van der Waals surface area contributed by atoms with Crippen molar-refractivity contribution < 1.29 is 24.2 Å². The Kier molecular flexibility index (Phi) is 10.1. The van der Waals surface area contributed by atoms with Crippen molar-refractivity contribution in [2.24, 2.45) is 0 Å². The third-order valence-electron chi connectivity index (χ3n) is 8.67. The van der Waals surface area contributed by atoms with Crippen LogP contribution in [-0.4, -0.2) is 40.6 Å². The predicted octanol–water partition coefficient (Wildman–Crippen LogP) is 5.64. The third-order valence-corrected chi connectivity index (χ3v) is 8.67. The lowest BCUT2D eigenvalue weighted by Crippen LogP contribution is -2.46. The molecule has 4 aromatic carbocycles. The summed E-state index contributed by atoms with van der Waals surface area (Å²) >= 11 is 0. The molecular weight excluding hydrogens is 606 g/mol. The Hall–Kier alpha value is -5.70. The number of nitrogens with one attached hydrogen (secondary N) is 2. The van der Waals surface area contributed by atoms with Gasteiger partial charge in [-0.3, -0.25) is 19.2 Å². The number of aryl methyl sites for hydroxylation is 1. The number of hydrogen-bond donors (Lipinski definition) is 3. The monoisotopic (exact) mass is 645 g/mol. The van der Waals surface area contributed by atoms with Crippen LogP contribution >= 0.6 is 0 Å². The molecule has 1 atom stereocenters. The van der Waals surface area contributed by atoms with Gasteiger partial charge < -0.3 is 25.0 Å². The second-order valence-corrected chi connectivity index (χ2v) is 12.4. The summed E-state index contributed by atoms with van der Waals surface area (Å²) in [6.07, 6.45) is 1.85. The summed E-state index contributed by atoms with van der Waals surface area (Å²) in [4.78, 5) is 52.8. The fraction of sp³-hybridized carbons (Fsp3) is 0.231. The average molecular weight is 646 g/mol. The van der Waals surface area contributed by atoms with Gasteiger partial charge in [0.25, 0.3) is 5.56 Å². The van der Waals surface area contributed by atoms with Gasteiger partial charge in [0.2, 0.25) is 11.8 Å². The van der Waals surface area contributed by atoms with Crippen molar-refractivity contribution in [3.05, 3.63) is 141 Å². The number of ether oxygens (including phenoxy) is 1. The number of methoxy groups -OCH3 is 1. The Bertz CT molecular complexity index is 2010. The molecule has 0 saturated carbocycles. The molecule has 246 valence electrons. The van der Waals surface area contributed by atoms with E-state index in [1.54, 1.807) is 64.4 Å². The van der Waals surface area contributed by atoms with E-state index in [0.717, 1.165) is 21.9 Å². The first kappa shape index (κ1) is 33.7. The standard InChI is InChI=1S/C39H39N3O6/c1-25-20-21-42(24-27-14-18-31(48-4)19-15-27)37(45)35(25)41-36(44)33(22-26-12-16-30(17-13-26)39(2,3)38(46)47)40-34(43)23-29-10-7-9-28-8-5-6-11-32(28)29/h5-21,33H,22-24H2,1-4H3,(H,40,43)(H,41,44)(H,46,47)/t33-/m0/s1. The van der Waals surface area contributed by atoms with E-state index in [2.05, 4.69) is 10.6 Å². The fourth-order valence-corrected chi connectivity index (χ4v) is 5.57. The van der Waals surface area contributed by atoms with E-state index in [9.17, 15) is 24.3 Å². The molecule has 48 heavy (non-hydrogen) atoms. The zero-order valence-corrected chi connectivity index (χ0v) is 27.4. The van der Waals surface area contributed by atoms with Crippen LogP contribution in [0.2, 0.25) is 0 Å². The number of hydrogen-bond acceptors (Lipinski definition) is 5. The van der Waals surface area contributed by atoms with Crippen molar-refractivity contribution in [3.63, 3.8) is 0 Å². The van der Waals surface area contributed by atoms with E-state index >= 15 is 0 Å². The number of aliphatic carboxylic acids is 1. The first-order chi connectivity index (χ1) is 23.0. The van der Waals surface area contributed by atoms with Crippen LogP contribution < -0.4 is 20.9 Å². The zero-order valence-electron chi connectivity index (χ0n) is 27.4. The third kappa shape index (κ3) is 7.63. The lowest BCUT2D eigenvalue weighted by Gasteiger charge is -2.22. The number of carbonyl (C=O) groups is 3. The van der Waals surface area contributed by atoms with Crippen molar-refractivity contribution in [2.45, 2.75) is 51.6 Å². The van der Waals surface area contributed by atoms with Crippen LogP contribution in [-0.2, 0) is 39.2 Å². The molecule has 0 aliphatic carbocycles. The Balaban J connectivity index is 1.41. The number of amides is 2. The Labute approximate surface area is 279 Å². The highest BCUT2D eigenvalue weighted by Crippen LogP contribution is 2.24. The van der Waals surface area contributed by atoms with Gasteiger partial charge in [0.1, 0.15) is 17.5 Å². The van der Waals surface area contributed by atoms with Gasteiger partial charge >= 0.3 is 5.97 Å². The normalized spacial score (nSPS) is 11.9. The summed E-state index contributed by atoms with van der Waals surface area (Å²) in [6.45, 7) is 5.28. The van der Waals surface area contributed by atoms with Crippen LogP contribution in [0.5, 0.6) is 5.75 Å². The van der Waals surface area contributed by atoms with Crippen molar-refractivity contribution in [1.82, 2.24) is 9.88 Å². The van der Waals surface area contributed by atoms with E-state index < -0.39 is 23.3 Å². The summed E-state index contributed by atoms with van der Waals surface area (Å²) in [5.41, 5.74) is 2.27. The second kappa shape index (κ2) is 14.4. The smallest absolute Gasteiger partial charge is 0.313 e. The number of carboxylic acids is 1. The number of benzene rings is 4. The largest absolute Gasteiger partial charge is 0.497 e. The second-order valence-electron chi connectivity index (χ2n) is 12.4. The minimum Gasteiger partial charge on any atom is -0.497 e. The molecule has 0 aliphatic heterocycles. The molecule has 5 aromatic rings. The zero-order chi connectivity index (χ0) is 34.4. The molecule has 0 unspecified atom stereocenters. The van der Waals surface area contributed by atoms with E-state index in [1.807, 2.05) is 66.7 Å². The van der Waals surface area contributed by atoms with E-state index in [4.69, 9.17) is 4.74 Å². The van der Waals surface area contributed by atoms with Crippen LogP contribution in [0.25, 0.3) is 10.8 Å². The number of pyridine rings is 1. The highest BCUT2D eigenvalue weighted by molar-refractivity contribution is 5.98. The summed E-state index contributed by atoms with van der Waals surface area (Å²) in [7, 11) is 1.59. The first-order valence-electron chi connectivity index (χ1n) is 15.7. The number of fused-ring (bicyclic) bond motifs is 1. The topological polar surface area (TPSA) is 127 Å². The molecule has 0 radical (unpaired) electrons. The molecule has 0 aliphatic rings. The van der Waals surface area contributed by atoms with Crippen LogP contribution in [0.4, 0.5) is 5.69 Å². The molecule has 9 nitrogen and oxygen atoms in total. The average Bonchev–Trinajstić information content (AvgIpc) is 3.08. The molecule has 0 saturated heterocycles.